The number of nitrogens with one attached hydrogen (secondary N) is 1. The van der Waals surface area contributed by atoms with Crippen molar-refractivity contribution in [3.05, 3.63) is 70.4 Å². The number of nitrogens with zero attached hydrogens (tertiary/aromatic N) is 2. The first-order valence-corrected chi connectivity index (χ1v) is 8.23. The predicted octanol–water partition coefficient (Wildman–Crippen LogP) is 0.889. The van der Waals surface area contributed by atoms with Crippen LogP contribution in [0, 0.1) is 0 Å². The van der Waals surface area contributed by atoms with Crippen molar-refractivity contribution in [2.24, 2.45) is 9.98 Å². The highest BCUT2D eigenvalue weighted by Crippen LogP contribution is 2.18. The molecule has 0 atom stereocenters. The molecule has 9 heteroatoms. The van der Waals surface area contributed by atoms with E-state index in [1.165, 1.54) is 0 Å². The number of benzene rings is 1. The monoisotopic (exact) mass is 379 g/mol. The highest BCUT2D eigenvalue weighted by Gasteiger charge is 2.09. The van der Waals surface area contributed by atoms with Crippen LogP contribution in [0.4, 0.5) is 0 Å². The van der Waals surface area contributed by atoms with Crippen LogP contribution >= 0.6 is 34.5 Å². The van der Waals surface area contributed by atoms with Crippen molar-refractivity contribution >= 4 is 46.4 Å². The Morgan fingerprint density at radius 2 is 1.83 bits per heavy atom. The standard InChI is InChI=1S/C15H7Cl2N3O3S/c16-7-4-9-10(5-8(7)17)19-13(18-9)11-2-1-6(23-11)3-12-14(21)20-15(22)24-12/h1-5,21H,(H,20,22)/b6-3+. The van der Waals surface area contributed by atoms with E-state index in [4.69, 9.17) is 27.6 Å². The lowest BCUT2D eigenvalue weighted by Gasteiger charge is -1.90. The molecular weight excluding hydrogens is 373 g/mol. The Morgan fingerprint density at radius 3 is 2.42 bits per heavy atom. The van der Waals surface area contributed by atoms with Gasteiger partial charge in [-0.3, -0.25) is 9.78 Å². The molecule has 120 valence electrons. The zero-order valence-corrected chi connectivity index (χ0v) is 14.0. The van der Waals surface area contributed by atoms with Crippen molar-refractivity contribution in [3.8, 4) is 5.88 Å². The second-order valence-corrected chi connectivity index (χ2v) is 6.71. The third-order valence-corrected chi connectivity index (χ3v) is 4.79. The normalized spacial score (nSPS) is 13.8. The third-order valence-electron chi connectivity index (χ3n) is 3.25. The summed E-state index contributed by atoms with van der Waals surface area (Å²) in [6.07, 6.45) is 1.55. The molecule has 0 spiro atoms. The van der Waals surface area contributed by atoms with E-state index in [1.54, 1.807) is 30.3 Å². The molecule has 6 nitrogen and oxygen atoms in total. The van der Waals surface area contributed by atoms with Crippen LogP contribution < -0.4 is 26.4 Å². The molecule has 0 unspecified atom stereocenters. The minimum absolute atomic E-state index is 0.192. The molecule has 0 fully saturated rings. The summed E-state index contributed by atoms with van der Waals surface area (Å²) < 4.78 is 5.66. The number of rotatable bonds is 1. The summed E-state index contributed by atoms with van der Waals surface area (Å²) in [6.45, 7) is 0. The summed E-state index contributed by atoms with van der Waals surface area (Å²) >= 11 is 12.8. The second kappa shape index (κ2) is 5.62. The number of hydrogen-bond donors (Lipinski definition) is 2. The van der Waals surface area contributed by atoms with Crippen molar-refractivity contribution in [1.82, 2.24) is 4.98 Å². The van der Waals surface area contributed by atoms with Gasteiger partial charge in [0.2, 0.25) is 5.88 Å². The van der Waals surface area contributed by atoms with Gasteiger partial charge < -0.3 is 9.52 Å². The fourth-order valence-corrected chi connectivity index (χ4v) is 3.16. The van der Waals surface area contributed by atoms with Gasteiger partial charge in [-0.2, -0.15) is 0 Å². The number of halogens is 2. The Bertz CT molecular complexity index is 1230. The van der Waals surface area contributed by atoms with Gasteiger partial charge in [0.05, 0.1) is 25.6 Å². The molecule has 0 saturated carbocycles. The maximum atomic E-state index is 11.2. The number of aromatic nitrogens is 1. The van der Waals surface area contributed by atoms with Crippen LogP contribution in [0.1, 0.15) is 4.88 Å². The van der Waals surface area contributed by atoms with Crippen LogP contribution in [0.5, 0.6) is 5.88 Å². The largest absolute Gasteiger partial charge is 0.493 e. The summed E-state index contributed by atoms with van der Waals surface area (Å²) in [6, 6.07) is 6.68. The average Bonchev–Trinajstić information content (AvgIpc) is 3.20. The van der Waals surface area contributed by atoms with Gasteiger partial charge >= 0.3 is 4.87 Å². The van der Waals surface area contributed by atoms with Crippen LogP contribution in [0.3, 0.4) is 0 Å². The summed E-state index contributed by atoms with van der Waals surface area (Å²) in [5.41, 5.74) is 0.910. The lowest BCUT2D eigenvalue weighted by molar-refractivity contribution is 0.454. The molecule has 1 aliphatic heterocycles. The Morgan fingerprint density at radius 1 is 1.17 bits per heavy atom. The smallest absolute Gasteiger partial charge is 0.307 e. The van der Waals surface area contributed by atoms with Crippen LogP contribution in [-0.2, 0) is 0 Å². The minimum atomic E-state index is -0.343. The van der Waals surface area contributed by atoms with E-state index < -0.39 is 0 Å². The Kier molecular flexibility index (Phi) is 3.56. The molecule has 24 heavy (non-hydrogen) atoms. The highest BCUT2D eigenvalue weighted by molar-refractivity contribution is 7.10. The molecule has 2 N–H and O–H groups in total. The Labute approximate surface area is 147 Å². The molecule has 1 aromatic carbocycles. The molecule has 0 saturated heterocycles. The molecule has 0 radical (unpaired) electrons. The highest BCUT2D eigenvalue weighted by atomic mass is 35.5. The predicted molar refractivity (Wildman–Crippen MR) is 90.3 cm³/mol. The molecular formula is C15H7Cl2N3O3S. The van der Waals surface area contributed by atoms with Crippen LogP contribution in [0.15, 0.2) is 43.5 Å². The number of furan rings is 1. The maximum absolute atomic E-state index is 11.2. The van der Waals surface area contributed by atoms with Gasteiger partial charge in [-0.25, -0.2) is 9.98 Å². The van der Waals surface area contributed by atoms with Gasteiger partial charge in [-0.1, -0.05) is 34.5 Å². The fourth-order valence-electron chi connectivity index (χ4n) is 2.18. The van der Waals surface area contributed by atoms with Crippen LogP contribution in [-0.4, -0.2) is 10.1 Å². The van der Waals surface area contributed by atoms with Gasteiger partial charge in [0, 0.05) is 6.08 Å². The van der Waals surface area contributed by atoms with E-state index in [0.29, 0.717) is 42.3 Å². The Balaban J connectivity index is 1.86. The first kappa shape index (κ1) is 15.2. The maximum Gasteiger partial charge on any atom is 0.307 e. The average molecular weight is 380 g/mol. The van der Waals surface area contributed by atoms with E-state index in [0.717, 1.165) is 11.3 Å². The van der Waals surface area contributed by atoms with E-state index in [9.17, 15) is 9.90 Å². The number of aromatic amines is 1. The molecule has 1 aliphatic rings. The van der Waals surface area contributed by atoms with E-state index in [2.05, 4.69) is 15.0 Å². The van der Waals surface area contributed by atoms with E-state index >= 15 is 0 Å². The lowest BCUT2D eigenvalue weighted by Crippen LogP contribution is -2.20. The summed E-state index contributed by atoms with van der Waals surface area (Å²) in [4.78, 5) is 22.2. The quantitative estimate of drug-likeness (QED) is 0.657. The number of fused-ring (bicyclic) bond motifs is 1. The van der Waals surface area contributed by atoms with Crippen LogP contribution in [0.25, 0.3) is 11.9 Å². The zero-order chi connectivity index (χ0) is 16.8. The second-order valence-electron chi connectivity index (χ2n) is 4.88. The van der Waals surface area contributed by atoms with Gasteiger partial charge in [0.1, 0.15) is 5.42 Å². The molecule has 4 rings (SSSR count). The van der Waals surface area contributed by atoms with Gasteiger partial charge in [-0.15, -0.1) is 0 Å². The first-order valence-electron chi connectivity index (χ1n) is 6.66. The van der Waals surface area contributed by atoms with Crippen LogP contribution in [0.2, 0.25) is 10.0 Å². The van der Waals surface area contributed by atoms with Gasteiger partial charge in [0.25, 0.3) is 0 Å². The first-order chi connectivity index (χ1) is 11.5. The van der Waals surface area contributed by atoms with Crippen molar-refractivity contribution in [2.75, 3.05) is 0 Å². The molecule has 0 bridgehead atoms. The van der Waals surface area contributed by atoms with Gasteiger partial charge in [0.15, 0.2) is 11.2 Å². The van der Waals surface area contributed by atoms with E-state index in [1.807, 2.05) is 0 Å². The number of H-pyrrole nitrogens is 1. The van der Waals surface area contributed by atoms with Crippen molar-refractivity contribution in [3.63, 3.8) is 0 Å². The molecule has 3 aromatic rings. The van der Waals surface area contributed by atoms with Crippen molar-refractivity contribution in [1.29, 1.82) is 0 Å². The van der Waals surface area contributed by atoms with Crippen molar-refractivity contribution < 1.29 is 9.52 Å². The zero-order valence-electron chi connectivity index (χ0n) is 11.7. The lowest BCUT2D eigenvalue weighted by atomic mass is 10.3. The Hall–Kier alpha value is -2.35. The number of aromatic hydroxyl groups is 1. The van der Waals surface area contributed by atoms with Crippen molar-refractivity contribution in [2.45, 2.75) is 0 Å². The topological polar surface area (TPSA) is 91.0 Å². The molecule has 3 heterocycles. The minimum Gasteiger partial charge on any atom is -0.493 e. The molecule has 0 amide bonds. The summed E-state index contributed by atoms with van der Waals surface area (Å²) in [5.74, 6) is 0.206. The summed E-state index contributed by atoms with van der Waals surface area (Å²) in [5, 5.41) is 11.6. The third kappa shape index (κ3) is 2.66. The van der Waals surface area contributed by atoms with E-state index in [-0.39, 0.29) is 10.8 Å². The SMILES string of the molecule is O=c1[nH]c(O)c(/C=c2\ccc(=C3N=c4cc(Cl)c(Cl)cc4=N3)o2)s1. The fraction of sp³-hybridized carbons (Fsp3) is 0. The molecule has 2 aromatic heterocycles. The summed E-state index contributed by atoms with van der Waals surface area (Å²) in [7, 11) is 0. The van der Waals surface area contributed by atoms with Gasteiger partial charge in [-0.05, 0) is 24.3 Å². The number of thiazole rings is 1. The molecule has 0 aliphatic carbocycles. The number of hydrogen-bond acceptors (Lipinski definition) is 6.